The van der Waals surface area contributed by atoms with Gasteiger partial charge >= 0.3 is 0 Å². The Morgan fingerprint density at radius 3 is 2.76 bits per heavy atom. The highest BCUT2D eigenvalue weighted by atomic mass is 32.1. The van der Waals surface area contributed by atoms with Crippen LogP contribution >= 0.6 is 11.3 Å². The molecule has 154 valence electrons. The van der Waals surface area contributed by atoms with E-state index in [0.29, 0.717) is 0 Å². The van der Waals surface area contributed by atoms with E-state index in [1.54, 1.807) is 0 Å². The van der Waals surface area contributed by atoms with E-state index in [0.717, 1.165) is 62.2 Å². The van der Waals surface area contributed by atoms with Crippen molar-refractivity contribution in [2.45, 2.75) is 44.8 Å². The summed E-state index contributed by atoms with van der Waals surface area (Å²) in [6, 6.07) is 8.80. The second kappa shape index (κ2) is 7.31. The standard InChI is InChI=1S/C22H29N5OS/c1-3-22(28,4-2)15-6-5-14-11-17(24-16(14)12-15)20-21-18(25-26-20)13-19(29-21)27-9-7-23-8-10-27/h5-6,12-13,17,23-24,28H,3-4,7-11H2,1-2H3,(H,25,26). The van der Waals surface area contributed by atoms with Crippen LogP contribution in [-0.4, -0.2) is 41.5 Å². The fourth-order valence-corrected chi connectivity index (χ4v) is 5.76. The molecule has 1 fully saturated rings. The number of thiophene rings is 1. The molecule has 0 saturated carbocycles. The normalized spacial score (nSPS) is 19.6. The van der Waals surface area contributed by atoms with Gasteiger partial charge in [0, 0.05) is 44.4 Å². The molecule has 0 bridgehead atoms. The predicted molar refractivity (Wildman–Crippen MR) is 120 cm³/mol. The summed E-state index contributed by atoms with van der Waals surface area (Å²) in [4.78, 5) is 2.45. The highest BCUT2D eigenvalue weighted by molar-refractivity contribution is 7.23. The van der Waals surface area contributed by atoms with Gasteiger partial charge in [-0.25, -0.2) is 0 Å². The SMILES string of the molecule is CCC(O)(CC)c1ccc2c(c1)NC(c1[nH]nc3cc(N4CCNCC4)sc13)C2. The summed E-state index contributed by atoms with van der Waals surface area (Å²) in [5.41, 5.74) is 4.92. The molecule has 0 amide bonds. The van der Waals surface area contributed by atoms with Crippen LogP contribution in [0.25, 0.3) is 10.2 Å². The van der Waals surface area contributed by atoms with Gasteiger partial charge in [-0.15, -0.1) is 11.3 Å². The Balaban J connectivity index is 1.41. The summed E-state index contributed by atoms with van der Waals surface area (Å²) >= 11 is 1.84. The van der Waals surface area contributed by atoms with Crippen molar-refractivity contribution < 1.29 is 5.11 Å². The van der Waals surface area contributed by atoms with E-state index in [4.69, 9.17) is 0 Å². The molecule has 1 atom stereocenters. The zero-order chi connectivity index (χ0) is 20.0. The third kappa shape index (κ3) is 3.21. The maximum atomic E-state index is 10.9. The number of nitrogens with one attached hydrogen (secondary N) is 3. The van der Waals surface area contributed by atoms with Gasteiger partial charge in [-0.2, -0.15) is 5.10 Å². The molecular weight excluding hydrogens is 382 g/mol. The number of nitrogens with zero attached hydrogens (tertiary/aromatic N) is 2. The first-order valence-corrected chi connectivity index (χ1v) is 11.5. The molecule has 4 heterocycles. The minimum absolute atomic E-state index is 0.191. The molecule has 5 rings (SSSR count). The first-order valence-electron chi connectivity index (χ1n) is 10.7. The lowest BCUT2D eigenvalue weighted by atomic mass is 9.88. The number of hydrogen-bond donors (Lipinski definition) is 4. The molecule has 1 unspecified atom stereocenters. The first kappa shape index (κ1) is 18.9. The molecule has 1 saturated heterocycles. The molecule has 4 N–H and O–H groups in total. The van der Waals surface area contributed by atoms with Gasteiger partial charge in [0.25, 0.3) is 0 Å². The van der Waals surface area contributed by atoms with Crippen LogP contribution in [0, 0.1) is 0 Å². The third-order valence-electron chi connectivity index (χ3n) is 6.59. The number of fused-ring (bicyclic) bond motifs is 2. The molecular formula is C22H29N5OS. The van der Waals surface area contributed by atoms with E-state index < -0.39 is 5.60 Å². The van der Waals surface area contributed by atoms with Gasteiger partial charge in [-0.1, -0.05) is 26.0 Å². The minimum atomic E-state index is -0.748. The quantitative estimate of drug-likeness (QED) is 0.514. The number of aromatic nitrogens is 2. The lowest BCUT2D eigenvalue weighted by Gasteiger charge is -2.27. The van der Waals surface area contributed by atoms with E-state index in [1.807, 2.05) is 25.2 Å². The molecule has 0 radical (unpaired) electrons. The zero-order valence-electron chi connectivity index (χ0n) is 17.1. The van der Waals surface area contributed by atoms with Crippen LogP contribution in [0.1, 0.15) is 49.6 Å². The molecule has 2 aromatic heterocycles. The Morgan fingerprint density at radius 2 is 2.00 bits per heavy atom. The summed E-state index contributed by atoms with van der Waals surface area (Å²) < 4.78 is 1.25. The number of H-pyrrole nitrogens is 1. The average Bonchev–Trinajstić information content (AvgIpc) is 3.46. The molecule has 1 aromatic carbocycles. The van der Waals surface area contributed by atoms with Crippen LogP contribution in [0.5, 0.6) is 0 Å². The lowest BCUT2D eigenvalue weighted by molar-refractivity contribution is 0.0284. The van der Waals surface area contributed by atoms with E-state index in [2.05, 4.69) is 50.0 Å². The number of anilines is 2. The minimum Gasteiger partial charge on any atom is -0.385 e. The summed E-state index contributed by atoms with van der Waals surface area (Å²) in [7, 11) is 0. The number of aliphatic hydroxyl groups is 1. The van der Waals surface area contributed by atoms with Crippen molar-refractivity contribution in [3.63, 3.8) is 0 Å². The Bertz CT molecular complexity index is 1020. The van der Waals surface area contributed by atoms with Crippen molar-refractivity contribution >= 4 is 32.2 Å². The fraction of sp³-hybridized carbons (Fsp3) is 0.500. The van der Waals surface area contributed by atoms with E-state index >= 15 is 0 Å². The lowest BCUT2D eigenvalue weighted by Crippen LogP contribution is -2.43. The molecule has 2 aliphatic heterocycles. The molecule has 0 aliphatic carbocycles. The molecule has 0 spiro atoms. The Morgan fingerprint density at radius 1 is 1.21 bits per heavy atom. The van der Waals surface area contributed by atoms with Crippen LogP contribution in [0.2, 0.25) is 0 Å². The summed E-state index contributed by atoms with van der Waals surface area (Å²) in [6.45, 7) is 8.27. The number of piperazine rings is 1. The summed E-state index contributed by atoms with van der Waals surface area (Å²) in [6.07, 6.45) is 2.37. The largest absolute Gasteiger partial charge is 0.385 e. The molecule has 6 nitrogen and oxygen atoms in total. The van der Waals surface area contributed by atoms with Gasteiger partial charge < -0.3 is 20.6 Å². The number of rotatable bonds is 5. The maximum Gasteiger partial charge on any atom is 0.105 e. The number of aromatic amines is 1. The first-order chi connectivity index (χ1) is 14.1. The van der Waals surface area contributed by atoms with Gasteiger partial charge in [-0.3, -0.25) is 5.10 Å². The fourth-order valence-electron chi connectivity index (χ4n) is 4.56. The predicted octanol–water partition coefficient (Wildman–Crippen LogP) is 3.75. The second-order valence-corrected chi connectivity index (χ2v) is 9.22. The van der Waals surface area contributed by atoms with Crippen LogP contribution in [0.15, 0.2) is 24.3 Å². The topological polar surface area (TPSA) is 76.2 Å². The molecule has 2 aliphatic rings. The van der Waals surface area contributed by atoms with Crippen molar-refractivity contribution in [1.29, 1.82) is 0 Å². The van der Waals surface area contributed by atoms with Gasteiger partial charge in [0.15, 0.2) is 0 Å². The Hall–Kier alpha value is -2.09. The van der Waals surface area contributed by atoms with Crippen LogP contribution in [-0.2, 0) is 12.0 Å². The average molecular weight is 412 g/mol. The van der Waals surface area contributed by atoms with Gasteiger partial charge in [0.1, 0.15) is 5.52 Å². The summed E-state index contributed by atoms with van der Waals surface area (Å²) in [5, 5.41) is 27.2. The number of hydrogen-bond acceptors (Lipinski definition) is 6. The second-order valence-electron chi connectivity index (χ2n) is 8.18. The van der Waals surface area contributed by atoms with Gasteiger partial charge in [0.2, 0.25) is 0 Å². The highest BCUT2D eigenvalue weighted by Gasteiger charge is 2.30. The van der Waals surface area contributed by atoms with Gasteiger partial charge in [0.05, 0.1) is 27.0 Å². The maximum absolute atomic E-state index is 10.9. The molecule has 7 heteroatoms. The number of benzene rings is 1. The van der Waals surface area contributed by atoms with Crippen molar-refractivity contribution in [3.8, 4) is 0 Å². The smallest absolute Gasteiger partial charge is 0.105 e. The van der Waals surface area contributed by atoms with Crippen LogP contribution < -0.4 is 15.5 Å². The monoisotopic (exact) mass is 411 g/mol. The Labute approximate surface area is 175 Å². The van der Waals surface area contributed by atoms with Crippen LogP contribution in [0.3, 0.4) is 0 Å². The zero-order valence-corrected chi connectivity index (χ0v) is 17.9. The van der Waals surface area contributed by atoms with Crippen LogP contribution in [0.4, 0.5) is 10.7 Å². The van der Waals surface area contributed by atoms with E-state index in [9.17, 15) is 5.11 Å². The van der Waals surface area contributed by atoms with Crippen molar-refractivity contribution in [2.75, 3.05) is 36.4 Å². The van der Waals surface area contributed by atoms with Gasteiger partial charge in [-0.05, 0) is 30.0 Å². The third-order valence-corrected chi connectivity index (χ3v) is 7.81. The molecule has 3 aromatic rings. The van der Waals surface area contributed by atoms with E-state index in [1.165, 1.54) is 21.0 Å². The summed E-state index contributed by atoms with van der Waals surface area (Å²) in [5.74, 6) is 0. The highest BCUT2D eigenvalue weighted by Crippen LogP contribution is 2.42. The van der Waals surface area contributed by atoms with E-state index in [-0.39, 0.29) is 6.04 Å². The van der Waals surface area contributed by atoms with Crippen molar-refractivity contribution in [2.24, 2.45) is 0 Å². The Kier molecular flexibility index (Phi) is 4.76. The van der Waals surface area contributed by atoms with Crippen molar-refractivity contribution in [3.05, 3.63) is 41.1 Å². The van der Waals surface area contributed by atoms with Crippen molar-refractivity contribution in [1.82, 2.24) is 15.5 Å². The molecule has 29 heavy (non-hydrogen) atoms.